The number of aliphatic hydroxyl groups is 1. The first-order valence-electron chi connectivity index (χ1n) is 10.8. The van der Waals surface area contributed by atoms with Crippen molar-refractivity contribution in [3.63, 3.8) is 0 Å². The predicted molar refractivity (Wildman–Crippen MR) is 121 cm³/mol. The molecule has 0 aliphatic carbocycles. The molecule has 1 amide bonds. The number of benzene rings is 2. The lowest BCUT2D eigenvalue weighted by molar-refractivity contribution is -0.384. The Morgan fingerprint density at radius 3 is 2.30 bits per heavy atom. The van der Waals surface area contributed by atoms with Crippen LogP contribution in [0.1, 0.15) is 22.7 Å². The first-order valence-corrected chi connectivity index (χ1v) is 10.8. The Morgan fingerprint density at radius 2 is 1.70 bits per heavy atom. The van der Waals surface area contributed by atoms with Gasteiger partial charge in [-0.15, -0.1) is 0 Å². The zero-order valence-electron chi connectivity index (χ0n) is 18.3. The smallest absolute Gasteiger partial charge is 0.295 e. The van der Waals surface area contributed by atoms with Crippen LogP contribution in [-0.4, -0.2) is 70.9 Å². The van der Waals surface area contributed by atoms with Crippen molar-refractivity contribution in [3.05, 3.63) is 80.9 Å². The number of morpholine rings is 1. The molecule has 4 rings (SSSR count). The summed E-state index contributed by atoms with van der Waals surface area (Å²) in [5, 5.41) is 22.1. The fraction of sp³-hybridized carbons (Fsp3) is 0.333. The van der Waals surface area contributed by atoms with Gasteiger partial charge in [0.2, 0.25) is 0 Å². The van der Waals surface area contributed by atoms with Gasteiger partial charge in [0.05, 0.1) is 29.8 Å². The van der Waals surface area contributed by atoms with Crippen LogP contribution >= 0.6 is 0 Å². The molecule has 2 aliphatic rings. The summed E-state index contributed by atoms with van der Waals surface area (Å²) in [4.78, 5) is 40.2. The van der Waals surface area contributed by atoms with Crippen molar-refractivity contribution in [2.24, 2.45) is 0 Å². The second-order valence-electron chi connectivity index (χ2n) is 8.16. The highest BCUT2D eigenvalue weighted by Crippen LogP contribution is 2.39. The number of likely N-dealkylation sites (tertiary alicyclic amines) is 1. The molecule has 1 unspecified atom stereocenters. The third kappa shape index (κ3) is 4.64. The van der Waals surface area contributed by atoms with Crippen LogP contribution in [0.15, 0.2) is 54.1 Å². The molecule has 33 heavy (non-hydrogen) atoms. The van der Waals surface area contributed by atoms with Gasteiger partial charge < -0.3 is 14.7 Å². The van der Waals surface area contributed by atoms with Crippen molar-refractivity contribution in [1.29, 1.82) is 0 Å². The molecule has 2 aliphatic heterocycles. The van der Waals surface area contributed by atoms with E-state index in [9.17, 15) is 24.8 Å². The van der Waals surface area contributed by atoms with E-state index in [0.29, 0.717) is 30.9 Å². The highest BCUT2D eigenvalue weighted by atomic mass is 16.6. The number of carbonyl (C=O) groups is 2. The van der Waals surface area contributed by atoms with Crippen LogP contribution in [0.4, 0.5) is 5.69 Å². The Bertz CT molecular complexity index is 1090. The van der Waals surface area contributed by atoms with Gasteiger partial charge in [0, 0.05) is 43.9 Å². The van der Waals surface area contributed by atoms with E-state index in [4.69, 9.17) is 4.74 Å². The summed E-state index contributed by atoms with van der Waals surface area (Å²) in [6.45, 7) is 5.41. The zero-order valence-corrected chi connectivity index (χ0v) is 18.3. The summed E-state index contributed by atoms with van der Waals surface area (Å²) in [6.07, 6.45) is 0. The van der Waals surface area contributed by atoms with E-state index in [1.807, 2.05) is 19.1 Å². The van der Waals surface area contributed by atoms with Crippen molar-refractivity contribution in [2.45, 2.75) is 13.0 Å². The van der Waals surface area contributed by atoms with E-state index in [0.717, 1.165) is 18.7 Å². The molecule has 2 heterocycles. The van der Waals surface area contributed by atoms with Crippen LogP contribution in [0, 0.1) is 17.0 Å². The number of nitro benzene ring substituents is 1. The monoisotopic (exact) mass is 451 g/mol. The molecule has 9 nitrogen and oxygen atoms in total. The van der Waals surface area contributed by atoms with E-state index < -0.39 is 22.7 Å². The number of amides is 1. The average molecular weight is 451 g/mol. The lowest BCUT2D eigenvalue weighted by Crippen LogP contribution is -2.42. The minimum Gasteiger partial charge on any atom is -0.507 e. The zero-order chi connectivity index (χ0) is 23.5. The lowest BCUT2D eigenvalue weighted by atomic mass is 9.95. The van der Waals surface area contributed by atoms with Crippen molar-refractivity contribution >= 4 is 23.1 Å². The Hall–Kier alpha value is -3.56. The second-order valence-corrected chi connectivity index (χ2v) is 8.16. The number of nitro groups is 1. The predicted octanol–water partition coefficient (Wildman–Crippen LogP) is 2.66. The molecule has 2 aromatic carbocycles. The van der Waals surface area contributed by atoms with Crippen LogP contribution in [-0.2, 0) is 14.3 Å². The van der Waals surface area contributed by atoms with Gasteiger partial charge in [-0.2, -0.15) is 0 Å². The van der Waals surface area contributed by atoms with Crippen molar-refractivity contribution < 1.29 is 24.4 Å². The minimum atomic E-state index is -0.840. The first-order chi connectivity index (χ1) is 15.9. The van der Waals surface area contributed by atoms with Gasteiger partial charge >= 0.3 is 0 Å². The maximum Gasteiger partial charge on any atom is 0.295 e. The van der Waals surface area contributed by atoms with Crippen LogP contribution in [0.25, 0.3) is 5.76 Å². The summed E-state index contributed by atoms with van der Waals surface area (Å²) in [6, 6.07) is 11.9. The number of aliphatic hydroxyl groups excluding tert-OH is 1. The topological polar surface area (TPSA) is 113 Å². The van der Waals surface area contributed by atoms with Crippen LogP contribution in [0.5, 0.6) is 0 Å². The first kappa shape index (κ1) is 22.6. The molecular weight excluding hydrogens is 426 g/mol. The third-order valence-electron chi connectivity index (χ3n) is 6.05. The van der Waals surface area contributed by atoms with Crippen molar-refractivity contribution in [3.8, 4) is 0 Å². The summed E-state index contributed by atoms with van der Waals surface area (Å²) in [5.74, 6) is -1.72. The van der Waals surface area contributed by atoms with Gasteiger partial charge in [0.1, 0.15) is 5.76 Å². The SMILES string of the molecule is Cc1ccc(/C(O)=C2/C(=O)C(=O)N(CCN3CCOCC3)C2c2ccc([N+](=O)[O-])cc2)cc1. The van der Waals surface area contributed by atoms with Gasteiger partial charge in [0.25, 0.3) is 17.4 Å². The number of non-ortho nitro benzene ring substituents is 1. The minimum absolute atomic E-state index is 0.0142. The fourth-order valence-corrected chi connectivity index (χ4v) is 4.18. The molecule has 172 valence electrons. The van der Waals surface area contributed by atoms with Crippen molar-refractivity contribution in [2.75, 3.05) is 39.4 Å². The maximum atomic E-state index is 13.1. The molecule has 0 spiro atoms. The van der Waals surface area contributed by atoms with Crippen molar-refractivity contribution in [1.82, 2.24) is 9.80 Å². The van der Waals surface area contributed by atoms with E-state index >= 15 is 0 Å². The molecule has 1 atom stereocenters. The van der Waals surface area contributed by atoms with Crippen LogP contribution in [0.2, 0.25) is 0 Å². The van der Waals surface area contributed by atoms with Gasteiger partial charge in [-0.25, -0.2) is 0 Å². The van der Waals surface area contributed by atoms with E-state index in [2.05, 4.69) is 4.90 Å². The molecule has 2 aromatic rings. The van der Waals surface area contributed by atoms with Gasteiger partial charge in [-0.3, -0.25) is 24.6 Å². The number of aryl methyl sites for hydroxylation is 1. The maximum absolute atomic E-state index is 13.1. The second kappa shape index (κ2) is 9.51. The third-order valence-corrected chi connectivity index (χ3v) is 6.05. The molecule has 0 bridgehead atoms. The Labute approximate surface area is 191 Å². The fourth-order valence-electron chi connectivity index (χ4n) is 4.18. The standard InChI is InChI=1S/C24H25N3O6/c1-16-2-4-18(5-3-16)22(28)20-21(17-6-8-19(9-7-17)27(31)32)26(24(30)23(20)29)11-10-25-12-14-33-15-13-25/h2-9,21,28H,10-15H2,1H3/b22-20-. The molecule has 2 saturated heterocycles. The molecule has 0 aromatic heterocycles. The van der Waals surface area contributed by atoms with Crippen LogP contribution in [0.3, 0.4) is 0 Å². The highest BCUT2D eigenvalue weighted by Gasteiger charge is 2.46. The number of hydrogen-bond donors (Lipinski definition) is 1. The number of hydrogen-bond acceptors (Lipinski definition) is 7. The summed E-state index contributed by atoms with van der Waals surface area (Å²) in [5.41, 5.74) is 1.83. The molecular formula is C24H25N3O6. The van der Waals surface area contributed by atoms with Gasteiger partial charge in [-0.1, -0.05) is 29.8 Å². The van der Waals surface area contributed by atoms with E-state index in [1.54, 1.807) is 12.1 Å². The largest absolute Gasteiger partial charge is 0.507 e. The molecule has 9 heteroatoms. The Kier molecular flexibility index (Phi) is 6.52. The van der Waals surface area contributed by atoms with Crippen LogP contribution < -0.4 is 0 Å². The summed E-state index contributed by atoms with van der Waals surface area (Å²) in [7, 11) is 0. The number of nitrogens with zero attached hydrogens (tertiary/aromatic N) is 3. The van der Waals surface area contributed by atoms with Gasteiger partial charge in [-0.05, 0) is 24.6 Å². The Balaban J connectivity index is 1.74. The molecule has 0 saturated carbocycles. The number of ketones is 1. The Morgan fingerprint density at radius 1 is 1.06 bits per heavy atom. The quantitative estimate of drug-likeness (QED) is 0.236. The normalized spacial score (nSPS) is 20.9. The molecule has 1 N–H and O–H groups in total. The number of rotatable bonds is 6. The number of ether oxygens (including phenoxy) is 1. The molecule has 2 fully saturated rings. The lowest BCUT2D eigenvalue weighted by Gasteiger charge is -2.31. The summed E-state index contributed by atoms with van der Waals surface area (Å²) < 4.78 is 5.36. The number of carbonyl (C=O) groups excluding carboxylic acids is 2. The van der Waals surface area contributed by atoms with E-state index in [-0.39, 0.29) is 23.6 Å². The highest BCUT2D eigenvalue weighted by molar-refractivity contribution is 6.46. The molecule has 0 radical (unpaired) electrons. The summed E-state index contributed by atoms with van der Waals surface area (Å²) >= 11 is 0. The number of Topliss-reactive ketones (excluding diaryl/α,β-unsaturated/α-hetero) is 1. The average Bonchev–Trinajstić information content (AvgIpc) is 3.08. The van der Waals surface area contributed by atoms with Gasteiger partial charge in [0.15, 0.2) is 0 Å². The van der Waals surface area contributed by atoms with E-state index in [1.165, 1.54) is 29.2 Å².